The zero-order valence-electron chi connectivity index (χ0n) is 6.71. The SMILES string of the molecule is COCC(=O)c1ccc(Br)cc1. The van der Waals surface area contributed by atoms with E-state index in [0.717, 1.165) is 4.47 Å². The first-order chi connectivity index (χ1) is 5.74. The summed E-state index contributed by atoms with van der Waals surface area (Å²) in [7, 11) is 1.51. The average Bonchev–Trinajstić information content (AvgIpc) is 2.06. The van der Waals surface area contributed by atoms with Gasteiger partial charge in [-0.25, -0.2) is 0 Å². The second-order valence-electron chi connectivity index (χ2n) is 2.36. The molecule has 0 atom stereocenters. The summed E-state index contributed by atoms with van der Waals surface area (Å²) in [6, 6.07) is 7.21. The Morgan fingerprint density at radius 1 is 1.42 bits per heavy atom. The highest BCUT2D eigenvalue weighted by Crippen LogP contribution is 2.10. The van der Waals surface area contributed by atoms with Crippen molar-refractivity contribution >= 4 is 21.7 Å². The van der Waals surface area contributed by atoms with Crippen LogP contribution >= 0.6 is 15.9 Å². The molecule has 0 aliphatic rings. The van der Waals surface area contributed by atoms with Crippen molar-refractivity contribution in [3.8, 4) is 0 Å². The second-order valence-corrected chi connectivity index (χ2v) is 3.28. The van der Waals surface area contributed by atoms with Gasteiger partial charge in [0.2, 0.25) is 0 Å². The molecule has 0 saturated heterocycles. The van der Waals surface area contributed by atoms with Gasteiger partial charge in [-0.2, -0.15) is 0 Å². The maximum absolute atomic E-state index is 11.2. The Morgan fingerprint density at radius 2 is 2.00 bits per heavy atom. The van der Waals surface area contributed by atoms with Gasteiger partial charge < -0.3 is 4.74 Å². The lowest BCUT2D eigenvalue weighted by Gasteiger charge is -1.98. The van der Waals surface area contributed by atoms with Crippen LogP contribution in [0.2, 0.25) is 0 Å². The molecule has 3 heteroatoms. The number of Topliss-reactive ketones (excluding diaryl/α,β-unsaturated/α-hetero) is 1. The molecule has 0 heterocycles. The molecule has 0 unspecified atom stereocenters. The molecule has 0 aliphatic heterocycles. The summed E-state index contributed by atoms with van der Waals surface area (Å²) >= 11 is 3.29. The predicted molar refractivity (Wildman–Crippen MR) is 50.3 cm³/mol. The van der Waals surface area contributed by atoms with E-state index in [0.29, 0.717) is 5.56 Å². The Labute approximate surface area is 79.7 Å². The van der Waals surface area contributed by atoms with Crippen LogP contribution in [0.3, 0.4) is 0 Å². The largest absolute Gasteiger partial charge is 0.377 e. The van der Waals surface area contributed by atoms with Crippen molar-refractivity contribution in [1.82, 2.24) is 0 Å². The first kappa shape index (κ1) is 9.42. The first-order valence-electron chi connectivity index (χ1n) is 3.51. The van der Waals surface area contributed by atoms with Crippen LogP contribution in [-0.2, 0) is 4.74 Å². The topological polar surface area (TPSA) is 26.3 Å². The molecule has 1 aromatic carbocycles. The van der Waals surface area contributed by atoms with E-state index in [-0.39, 0.29) is 12.4 Å². The fourth-order valence-electron chi connectivity index (χ4n) is 0.850. The fraction of sp³-hybridized carbons (Fsp3) is 0.222. The molecule has 1 aromatic rings. The number of halogens is 1. The third kappa shape index (κ3) is 2.43. The maximum Gasteiger partial charge on any atom is 0.188 e. The van der Waals surface area contributed by atoms with Gasteiger partial charge in [0.1, 0.15) is 6.61 Å². The molecular weight excluding hydrogens is 220 g/mol. The Morgan fingerprint density at radius 3 is 2.50 bits per heavy atom. The number of methoxy groups -OCH3 is 1. The van der Waals surface area contributed by atoms with Gasteiger partial charge in [0.25, 0.3) is 0 Å². The van der Waals surface area contributed by atoms with E-state index in [1.54, 1.807) is 12.1 Å². The summed E-state index contributed by atoms with van der Waals surface area (Å²) in [6.45, 7) is 0.141. The molecule has 12 heavy (non-hydrogen) atoms. The monoisotopic (exact) mass is 228 g/mol. The highest BCUT2D eigenvalue weighted by atomic mass is 79.9. The molecule has 1 rings (SSSR count). The number of carbonyl (C=O) groups excluding carboxylic acids is 1. The molecule has 0 N–H and O–H groups in total. The Balaban J connectivity index is 2.75. The van der Waals surface area contributed by atoms with E-state index in [1.165, 1.54) is 7.11 Å². The van der Waals surface area contributed by atoms with Gasteiger partial charge in [0, 0.05) is 17.1 Å². The Bertz CT molecular complexity index is 266. The number of ether oxygens (including phenoxy) is 1. The van der Waals surface area contributed by atoms with Crippen LogP contribution in [0, 0.1) is 0 Å². The summed E-state index contributed by atoms with van der Waals surface area (Å²) in [6.07, 6.45) is 0. The van der Waals surface area contributed by atoms with Crippen LogP contribution in [-0.4, -0.2) is 19.5 Å². The van der Waals surface area contributed by atoms with Crippen LogP contribution in [0.5, 0.6) is 0 Å². The zero-order valence-corrected chi connectivity index (χ0v) is 8.30. The highest BCUT2D eigenvalue weighted by Gasteiger charge is 2.03. The van der Waals surface area contributed by atoms with E-state index in [1.807, 2.05) is 12.1 Å². The minimum absolute atomic E-state index is 0.00463. The zero-order chi connectivity index (χ0) is 8.97. The van der Waals surface area contributed by atoms with Crippen LogP contribution in [0.25, 0.3) is 0 Å². The molecule has 2 nitrogen and oxygen atoms in total. The second kappa shape index (κ2) is 4.38. The highest BCUT2D eigenvalue weighted by molar-refractivity contribution is 9.10. The van der Waals surface area contributed by atoms with Crippen molar-refractivity contribution in [3.05, 3.63) is 34.3 Å². The van der Waals surface area contributed by atoms with Crippen LogP contribution < -0.4 is 0 Å². The molecule has 0 bridgehead atoms. The third-order valence-electron chi connectivity index (χ3n) is 1.44. The fourth-order valence-corrected chi connectivity index (χ4v) is 1.11. The molecule has 0 aromatic heterocycles. The van der Waals surface area contributed by atoms with Crippen molar-refractivity contribution in [2.45, 2.75) is 0 Å². The van der Waals surface area contributed by atoms with Crippen molar-refractivity contribution in [3.63, 3.8) is 0 Å². The van der Waals surface area contributed by atoms with Crippen LogP contribution in [0.15, 0.2) is 28.7 Å². The van der Waals surface area contributed by atoms with Gasteiger partial charge in [-0.05, 0) is 12.1 Å². The van der Waals surface area contributed by atoms with E-state index >= 15 is 0 Å². The van der Waals surface area contributed by atoms with Crippen molar-refractivity contribution in [2.24, 2.45) is 0 Å². The normalized spacial score (nSPS) is 9.83. The van der Waals surface area contributed by atoms with Gasteiger partial charge in [-0.1, -0.05) is 28.1 Å². The quantitative estimate of drug-likeness (QED) is 0.743. The summed E-state index contributed by atoms with van der Waals surface area (Å²) < 4.78 is 5.70. The number of ketones is 1. The molecule has 64 valence electrons. The van der Waals surface area contributed by atoms with Gasteiger partial charge in [-0.15, -0.1) is 0 Å². The molecule has 0 spiro atoms. The Hall–Kier alpha value is -0.670. The van der Waals surface area contributed by atoms with Gasteiger partial charge >= 0.3 is 0 Å². The summed E-state index contributed by atoms with van der Waals surface area (Å²) in [5.41, 5.74) is 0.681. The number of rotatable bonds is 3. The molecular formula is C9H9BrO2. The van der Waals surface area contributed by atoms with Crippen LogP contribution in [0.4, 0.5) is 0 Å². The lowest BCUT2D eigenvalue weighted by molar-refractivity contribution is 0.0848. The predicted octanol–water partition coefficient (Wildman–Crippen LogP) is 2.28. The van der Waals surface area contributed by atoms with Gasteiger partial charge in [-0.3, -0.25) is 4.79 Å². The lowest BCUT2D eigenvalue weighted by atomic mass is 10.1. The standard InChI is InChI=1S/C9H9BrO2/c1-12-6-9(11)7-2-4-8(10)5-3-7/h2-5H,6H2,1H3. The van der Waals surface area contributed by atoms with Gasteiger partial charge in [0.05, 0.1) is 0 Å². The first-order valence-corrected chi connectivity index (χ1v) is 4.31. The van der Waals surface area contributed by atoms with E-state index < -0.39 is 0 Å². The van der Waals surface area contributed by atoms with E-state index in [4.69, 9.17) is 4.74 Å². The van der Waals surface area contributed by atoms with Crippen LogP contribution in [0.1, 0.15) is 10.4 Å². The van der Waals surface area contributed by atoms with E-state index in [9.17, 15) is 4.79 Å². The number of hydrogen-bond donors (Lipinski definition) is 0. The molecule has 0 aliphatic carbocycles. The minimum atomic E-state index is 0.00463. The average molecular weight is 229 g/mol. The van der Waals surface area contributed by atoms with Gasteiger partial charge in [0.15, 0.2) is 5.78 Å². The minimum Gasteiger partial charge on any atom is -0.377 e. The van der Waals surface area contributed by atoms with Crippen molar-refractivity contribution in [2.75, 3.05) is 13.7 Å². The number of benzene rings is 1. The molecule has 0 fully saturated rings. The summed E-state index contributed by atoms with van der Waals surface area (Å²) in [5, 5.41) is 0. The third-order valence-corrected chi connectivity index (χ3v) is 1.97. The summed E-state index contributed by atoms with van der Waals surface area (Å²) in [5.74, 6) is 0.00463. The maximum atomic E-state index is 11.2. The smallest absolute Gasteiger partial charge is 0.188 e. The molecule has 0 radical (unpaired) electrons. The number of hydrogen-bond acceptors (Lipinski definition) is 2. The lowest BCUT2D eigenvalue weighted by Crippen LogP contribution is -2.06. The summed E-state index contributed by atoms with van der Waals surface area (Å²) in [4.78, 5) is 11.2. The van der Waals surface area contributed by atoms with Crippen molar-refractivity contribution < 1.29 is 9.53 Å². The van der Waals surface area contributed by atoms with E-state index in [2.05, 4.69) is 15.9 Å². The molecule has 0 saturated carbocycles. The molecule has 0 amide bonds. The number of carbonyl (C=O) groups is 1. The Kier molecular flexibility index (Phi) is 3.44. The van der Waals surface area contributed by atoms with Crippen molar-refractivity contribution in [1.29, 1.82) is 0 Å².